The molecule has 0 heterocycles. The summed E-state index contributed by atoms with van der Waals surface area (Å²) < 4.78 is 33.0. The Kier molecular flexibility index (Phi) is 49.9. The maximum Gasteiger partial charge on any atom is 0.472 e. The molecule has 0 saturated carbocycles. The molecule has 2 unspecified atom stereocenters. The predicted molar refractivity (Wildman–Crippen MR) is 284 cm³/mol. The fourth-order valence-corrected chi connectivity index (χ4v) is 7.85. The number of rotatable bonds is 49. The van der Waals surface area contributed by atoms with Crippen molar-refractivity contribution in [2.24, 2.45) is 5.73 Å². The van der Waals surface area contributed by atoms with Gasteiger partial charge in [0.25, 0.3) is 0 Å². The van der Waals surface area contributed by atoms with Gasteiger partial charge in [-0.25, -0.2) is 4.57 Å². The highest BCUT2D eigenvalue weighted by molar-refractivity contribution is 7.47. The highest BCUT2D eigenvalue weighted by Gasteiger charge is 2.26. The summed E-state index contributed by atoms with van der Waals surface area (Å²) in [5.41, 5.74) is 5.37. The lowest BCUT2D eigenvalue weighted by atomic mass is 10.0. The minimum Gasteiger partial charge on any atom is -0.462 e. The maximum absolute atomic E-state index is 12.7. The van der Waals surface area contributed by atoms with Crippen LogP contribution in [0.1, 0.15) is 219 Å². The van der Waals surface area contributed by atoms with E-state index in [1.165, 1.54) is 70.6 Å². The highest BCUT2D eigenvalue weighted by atomic mass is 31.2. The number of hydrogen-bond donors (Lipinski definition) is 2. The van der Waals surface area contributed by atoms with Crippen molar-refractivity contribution < 1.29 is 37.6 Å². The first-order chi connectivity index (χ1) is 32.8. The van der Waals surface area contributed by atoms with Crippen LogP contribution in [0.2, 0.25) is 0 Å². The second-order valence-electron chi connectivity index (χ2n) is 17.3. The summed E-state index contributed by atoms with van der Waals surface area (Å²) in [4.78, 5) is 35.1. The van der Waals surface area contributed by atoms with E-state index in [1.807, 2.05) is 0 Å². The molecule has 0 spiro atoms. The standard InChI is InChI=1S/C57H98NO8P/c1-3-5-7-9-11-13-15-17-19-21-23-24-25-26-27-28-29-30-32-34-36-38-40-42-44-46-48-50-57(60)66-55(54-65-67(61,62)64-52-51-58)53-63-56(59)49-47-45-43-41-39-37-35-33-31-22-20-18-16-14-12-10-8-6-4-2/h5-8,11-14,17-20,23-24,31,33,55H,3-4,9-10,15-16,21-22,25-30,32,34-54,58H2,1-2H3,(H,61,62)/b7-5-,8-6-,13-11-,14-12-,19-17-,20-18-,24-23-,33-31-. The molecule has 0 rings (SSSR count). The average Bonchev–Trinajstić information content (AvgIpc) is 3.32. The molecule has 67 heavy (non-hydrogen) atoms. The van der Waals surface area contributed by atoms with Gasteiger partial charge in [-0.3, -0.25) is 18.6 Å². The summed E-state index contributed by atoms with van der Waals surface area (Å²) in [7, 11) is -4.39. The third-order valence-electron chi connectivity index (χ3n) is 11.0. The minimum absolute atomic E-state index is 0.0469. The van der Waals surface area contributed by atoms with Crippen molar-refractivity contribution in [1.82, 2.24) is 0 Å². The first kappa shape index (κ1) is 63.9. The number of ether oxygens (including phenoxy) is 2. The number of phosphoric acid groups is 1. The normalized spacial score (nSPS) is 13.9. The molecule has 9 nitrogen and oxygen atoms in total. The lowest BCUT2D eigenvalue weighted by molar-refractivity contribution is -0.161. The molecule has 0 aliphatic rings. The van der Waals surface area contributed by atoms with Gasteiger partial charge in [-0.15, -0.1) is 0 Å². The lowest BCUT2D eigenvalue weighted by Gasteiger charge is -2.19. The van der Waals surface area contributed by atoms with E-state index in [0.717, 1.165) is 109 Å². The zero-order valence-corrected chi connectivity index (χ0v) is 43.5. The number of nitrogens with two attached hydrogens (primary N) is 1. The Hall–Kier alpha value is -3.07. The molecule has 0 aromatic carbocycles. The van der Waals surface area contributed by atoms with E-state index in [9.17, 15) is 19.0 Å². The van der Waals surface area contributed by atoms with Crippen molar-refractivity contribution in [3.8, 4) is 0 Å². The molecule has 0 amide bonds. The molecule has 0 aromatic heterocycles. The smallest absolute Gasteiger partial charge is 0.462 e. The molecule has 0 aromatic rings. The molecule has 2 atom stereocenters. The van der Waals surface area contributed by atoms with Crippen LogP contribution in [0.3, 0.4) is 0 Å². The second-order valence-corrected chi connectivity index (χ2v) is 18.8. The molecule has 0 saturated heterocycles. The predicted octanol–water partition coefficient (Wildman–Crippen LogP) is 16.5. The van der Waals surface area contributed by atoms with Crippen LogP contribution in [0.15, 0.2) is 97.2 Å². The Morgan fingerprint density at radius 1 is 0.448 bits per heavy atom. The minimum atomic E-state index is -4.39. The van der Waals surface area contributed by atoms with Crippen LogP contribution in [0.4, 0.5) is 0 Å². The largest absolute Gasteiger partial charge is 0.472 e. The molecule has 384 valence electrons. The molecule has 0 bridgehead atoms. The van der Waals surface area contributed by atoms with Gasteiger partial charge in [-0.1, -0.05) is 214 Å². The summed E-state index contributed by atoms with van der Waals surface area (Å²) in [5, 5.41) is 0. The zero-order chi connectivity index (χ0) is 48.8. The first-order valence-electron chi connectivity index (χ1n) is 26.7. The molecule has 10 heteroatoms. The Bertz CT molecular complexity index is 1410. The summed E-state index contributed by atoms with van der Waals surface area (Å²) in [6.45, 7) is 3.50. The van der Waals surface area contributed by atoms with Crippen LogP contribution >= 0.6 is 7.82 Å². The second kappa shape index (κ2) is 52.3. The zero-order valence-electron chi connectivity index (χ0n) is 42.6. The number of hydrogen-bond acceptors (Lipinski definition) is 8. The van der Waals surface area contributed by atoms with E-state index in [4.69, 9.17) is 24.3 Å². The van der Waals surface area contributed by atoms with Crippen molar-refractivity contribution in [2.75, 3.05) is 26.4 Å². The summed E-state index contributed by atoms with van der Waals surface area (Å²) in [6, 6.07) is 0. The Labute approximate surface area is 410 Å². The number of allylic oxidation sites excluding steroid dienone is 16. The number of phosphoric ester groups is 1. The van der Waals surface area contributed by atoms with Crippen LogP contribution in [-0.4, -0.2) is 49.3 Å². The molecule has 0 fully saturated rings. The van der Waals surface area contributed by atoms with Crippen LogP contribution in [0.5, 0.6) is 0 Å². The van der Waals surface area contributed by atoms with E-state index in [-0.39, 0.29) is 32.6 Å². The third kappa shape index (κ3) is 52.2. The highest BCUT2D eigenvalue weighted by Crippen LogP contribution is 2.43. The van der Waals surface area contributed by atoms with E-state index >= 15 is 0 Å². The SMILES string of the molecule is CC/C=C\C/C=C\C/C=C\C/C=C\CCCCCCCCCCCCCCCCC(=O)OC(COC(=O)CCCCCCCC/C=C\C/C=C\C/C=C\C/C=C\CC)COP(=O)(O)OCCN. The van der Waals surface area contributed by atoms with E-state index < -0.39 is 32.5 Å². The fraction of sp³-hybridized carbons (Fsp3) is 0.684. The van der Waals surface area contributed by atoms with Gasteiger partial charge in [0, 0.05) is 19.4 Å². The number of carbonyl (C=O) groups excluding carboxylic acids is 2. The van der Waals surface area contributed by atoms with Crippen LogP contribution < -0.4 is 5.73 Å². The Morgan fingerprint density at radius 3 is 1.15 bits per heavy atom. The van der Waals surface area contributed by atoms with Crippen molar-refractivity contribution >= 4 is 19.8 Å². The third-order valence-corrected chi connectivity index (χ3v) is 11.9. The summed E-state index contributed by atoms with van der Waals surface area (Å²) in [5.74, 6) is -0.847. The monoisotopic (exact) mass is 956 g/mol. The van der Waals surface area contributed by atoms with Crippen molar-refractivity contribution in [3.05, 3.63) is 97.2 Å². The van der Waals surface area contributed by atoms with Crippen LogP contribution in [-0.2, 0) is 32.7 Å². The number of unbranched alkanes of at least 4 members (excludes halogenated alkanes) is 20. The quantitative estimate of drug-likeness (QED) is 0.0264. The summed E-state index contributed by atoms with van der Waals surface area (Å²) in [6.07, 6.45) is 68.8. The fourth-order valence-electron chi connectivity index (χ4n) is 7.09. The number of carbonyl (C=O) groups is 2. The summed E-state index contributed by atoms with van der Waals surface area (Å²) >= 11 is 0. The van der Waals surface area contributed by atoms with Crippen molar-refractivity contribution in [2.45, 2.75) is 225 Å². The van der Waals surface area contributed by atoms with Gasteiger partial charge >= 0.3 is 19.8 Å². The van der Waals surface area contributed by atoms with Gasteiger partial charge in [0.05, 0.1) is 13.2 Å². The average molecular weight is 956 g/mol. The molecular formula is C57H98NO8P. The molecule has 3 N–H and O–H groups in total. The molecule has 0 aliphatic carbocycles. The topological polar surface area (TPSA) is 134 Å². The van der Waals surface area contributed by atoms with Crippen molar-refractivity contribution in [1.29, 1.82) is 0 Å². The van der Waals surface area contributed by atoms with Gasteiger partial charge in [-0.2, -0.15) is 0 Å². The molecule has 0 aliphatic heterocycles. The maximum atomic E-state index is 12.7. The van der Waals surface area contributed by atoms with Gasteiger partial charge in [-0.05, 0) is 89.9 Å². The lowest BCUT2D eigenvalue weighted by Crippen LogP contribution is -2.29. The van der Waals surface area contributed by atoms with Crippen molar-refractivity contribution in [3.63, 3.8) is 0 Å². The van der Waals surface area contributed by atoms with E-state index in [1.54, 1.807) is 0 Å². The van der Waals surface area contributed by atoms with E-state index in [2.05, 4.69) is 111 Å². The van der Waals surface area contributed by atoms with Gasteiger partial charge in [0.15, 0.2) is 6.10 Å². The van der Waals surface area contributed by atoms with Gasteiger partial charge in [0.2, 0.25) is 0 Å². The first-order valence-corrected chi connectivity index (χ1v) is 28.2. The van der Waals surface area contributed by atoms with E-state index in [0.29, 0.717) is 12.8 Å². The number of esters is 2. The Morgan fingerprint density at radius 2 is 0.776 bits per heavy atom. The van der Waals surface area contributed by atoms with Crippen LogP contribution in [0.25, 0.3) is 0 Å². The molecular weight excluding hydrogens is 858 g/mol. The van der Waals surface area contributed by atoms with Gasteiger partial charge < -0.3 is 20.1 Å². The Balaban J connectivity index is 4.03. The molecule has 0 radical (unpaired) electrons. The van der Waals surface area contributed by atoms with Crippen LogP contribution in [0, 0.1) is 0 Å². The van der Waals surface area contributed by atoms with Gasteiger partial charge in [0.1, 0.15) is 6.61 Å².